The van der Waals surface area contributed by atoms with Crippen LogP contribution < -0.4 is 14.4 Å². The second-order valence-corrected chi connectivity index (χ2v) is 5.88. The molecule has 0 bridgehead atoms. The van der Waals surface area contributed by atoms with Crippen molar-refractivity contribution in [2.24, 2.45) is 0 Å². The molecule has 0 amide bonds. The molecule has 160 valence electrons. The summed E-state index contributed by atoms with van der Waals surface area (Å²) in [6.45, 7) is 2.52. The van der Waals surface area contributed by atoms with E-state index >= 15 is 0 Å². The van der Waals surface area contributed by atoms with Crippen molar-refractivity contribution in [3.8, 4) is 11.6 Å². The molecule has 0 atom stereocenters. The van der Waals surface area contributed by atoms with Gasteiger partial charge >= 0.3 is 12.4 Å². The quantitative estimate of drug-likeness (QED) is 0.534. The molecule has 5 nitrogen and oxygen atoms in total. The summed E-state index contributed by atoms with van der Waals surface area (Å²) in [6.07, 6.45) is -8.54. The number of anilines is 2. The highest BCUT2D eigenvalue weighted by Gasteiger charge is 2.38. The summed E-state index contributed by atoms with van der Waals surface area (Å²) in [7, 11) is 0. The van der Waals surface area contributed by atoms with Crippen LogP contribution >= 0.6 is 0 Å². The molecule has 0 N–H and O–H groups in total. The normalized spacial score (nSPS) is 12.0. The van der Waals surface area contributed by atoms with E-state index in [-0.39, 0.29) is 12.5 Å². The van der Waals surface area contributed by atoms with Crippen LogP contribution in [-0.4, -0.2) is 35.9 Å². The lowest BCUT2D eigenvalue weighted by Crippen LogP contribution is -2.24. The highest BCUT2D eigenvalue weighted by Crippen LogP contribution is 2.37. The molecule has 1 aromatic carbocycles. The molecule has 0 aliphatic carbocycles. The van der Waals surface area contributed by atoms with Gasteiger partial charge in [-0.1, -0.05) is 6.92 Å². The summed E-state index contributed by atoms with van der Waals surface area (Å²) in [5.74, 6) is -0.796. The fraction of sp³-hybridized carbons (Fsp3) is 0.444. The van der Waals surface area contributed by atoms with Crippen LogP contribution in [0.15, 0.2) is 30.5 Å². The molecule has 29 heavy (non-hydrogen) atoms. The molecule has 0 saturated carbocycles. The Bertz CT molecular complexity index is 794. The van der Waals surface area contributed by atoms with Gasteiger partial charge in [-0.15, -0.1) is 0 Å². The van der Waals surface area contributed by atoms with Crippen molar-refractivity contribution in [1.82, 2.24) is 9.97 Å². The van der Waals surface area contributed by atoms with Crippen molar-refractivity contribution in [2.75, 3.05) is 24.7 Å². The lowest BCUT2D eigenvalue weighted by molar-refractivity contribution is -0.159. The molecule has 0 spiro atoms. The zero-order valence-electron chi connectivity index (χ0n) is 15.6. The minimum Gasteiger partial charge on any atom is -0.494 e. The van der Waals surface area contributed by atoms with E-state index in [0.717, 1.165) is 6.42 Å². The van der Waals surface area contributed by atoms with Gasteiger partial charge in [-0.3, -0.25) is 0 Å². The van der Waals surface area contributed by atoms with E-state index in [9.17, 15) is 26.3 Å². The first-order chi connectivity index (χ1) is 13.5. The maximum atomic E-state index is 13.1. The maximum absolute atomic E-state index is 13.1. The zero-order chi connectivity index (χ0) is 21.7. The molecule has 1 heterocycles. The number of halogens is 6. The number of hydrogen-bond donors (Lipinski definition) is 0. The van der Waals surface area contributed by atoms with Crippen LogP contribution in [0.25, 0.3) is 0 Å². The van der Waals surface area contributed by atoms with Crippen molar-refractivity contribution in [3.05, 3.63) is 36.0 Å². The summed E-state index contributed by atoms with van der Waals surface area (Å²) in [5.41, 5.74) is -0.956. The van der Waals surface area contributed by atoms with Crippen LogP contribution in [0.5, 0.6) is 11.6 Å². The van der Waals surface area contributed by atoms with Crippen molar-refractivity contribution in [1.29, 1.82) is 0 Å². The zero-order valence-corrected chi connectivity index (χ0v) is 15.6. The van der Waals surface area contributed by atoms with Crippen molar-refractivity contribution in [2.45, 2.75) is 32.6 Å². The Balaban J connectivity index is 2.35. The van der Waals surface area contributed by atoms with E-state index in [1.807, 2.05) is 6.92 Å². The third-order valence-corrected chi connectivity index (χ3v) is 3.60. The van der Waals surface area contributed by atoms with Crippen LogP contribution in [0.2, 0.25) is 0 Å². The van der Waals surface area contributed by atoms with Gasteiger partial charge in [0.1, 0.15) is 11.3 Å². The molecule has 1 aromatic heterocycles. The fourth-order valence-corrected chi connectivity index (χ4v) is 2.32. The molecular weight excluding hydrogens is 404 g/mol. The first-order valence-electron chi connectivity index (χ1n) is 8.69. The topological polar surface area (TPSA) is 47.5 Å². The number of rotatable bonds is 8. The van der Waals surface area contributed by atoms with E-state index < -0.39 is 30.4 Å². The SMILES string of the molecule is CCCOc1ccc(N(CC)c2ncc(C(F)(F)F)c(OCC(F)(F)F)n2)cc1. The first kappa shape index (κ1) is 22.6. The Morgan fingerprint density at radius 3 is 2.14 bits per heavy atom. The monoisotopic (exact) mass is 423 g/mol. The molecule has 0 aliphatic heterocycles. The molecule has 2 aromatic rings. The van der Waals surface area contributed by atoms with Gasteiger partial charge in [0.2, 0.25) is 11.8 Å². The van der Waals surface area contributed by atoms with Gasteiger partial charge in [-0.25, -0.2) is 4.98 Å². The van der Waals surface area contributed by atoms with Crippen LogP contribution in [0.4, 0.5) is 38.0 Å². The fourth-order valence-electron chi connectivity index (χ4n) is 2.32. The molecule has 11 heteroatoms. The predicted octanol–water partition coefficient (Wildman–Crippen LogP) is 5.38. The summed E-state index contributed by atoms with van der Waals surface area (Å²) >= 11 is 0. The van der Waals surface area contributed by atoms with Gasteiger partial charge in [0.15, 0.2) is 6.61 Å². The molecule has 2 rings (SSSR count). The third kappa shape index (κ3) is 6.40. The highest BCUT2D eigenvalue weighted by atomic mass is 19.4. The van der Waals surface area contributed by atoms with Crippen LogP contribution in [-0.2, 0) is 6.18 Å². The number of aromatic nitrogens is 2. The Labute approximate surface area is 163 Å². The first-order valence-corrected chi connectivity index (χ1v) is 8.69. The van der Waals surface area contributed by atoms with Crippen molar-refractivity contribution in [3.63, 3.8) is 0 Å². The Morgan fingerprint density at radius 2 is 1.62 bits per heavy atom. The van der Waals surface area contributed by atoms with Gasteiger partial charge in [-0.05, 0) is 37.6 Å². The smallest absolute Gasteiger partial charge is 0.423 e. The minimum absolute atomic E-state index is 0.222. The van der Waals surface area contributed by atoms with Crippen LogP contribution in [0.3, 0.4) is 0 Å². The summed E-state index contributed by atoms with van der Waals surface area (Å²) in [4.78, 5) is 8.71. The average molecular weight is 423 g/mol. The molecule has 0 radical (unpaired) electrons. The molecule has 0 saturated heterocycles. The standard InChI is InChI=1S/C18H19F6N3O2/c1-3-9-28-13-7-5-12(6-8-13)27(4-2)16-25-10-14(18(22,23)24)15(26-16)29-11-17(19,20)21/h5-8,10H,3-4,9,11H2,1-2H3. The Hall–Kier alpha value is -2.72. The number of alkyl halides is 6. The van der Waals surface area contributed by atoms with Crippen LogP contribution in [0.1, 0.15) is 25.8 Å². The van der Waals surface area contributed by atoms with Crippen molar-refractivity contribution < 1.29 is 35.8 Å². The summed E-state index contributed by atoms with van der Waals surface area (Å²) in [5, 5.41) is 0. The van der Waals surface area contributed by atoms with Crippen LogP contribution in [0, 0.1) is 0 Å². The molecule has 0 fully saturated rings. The van der Waals surface area contributed by atoms with Gasteiger partial charge < -0.3 is 14.4 Å². The Kier molecular flexibility index (Phi) is 7.15. The Morgan fingerprint density at radius 1 is 0.966 bits per heavy atom. The lowest BCUT2D eigenvalue weighted by Gasteiger charge is -2.23. The summed E-state index contributed by atoms with van der Waals surface area (Å²) < 4.78 is 86.3. The van der Waals surface area contributed by atoms with Gasteiger partial charge in [0.05, 0.1) is 6.61 Å². The van der Waals surface area contributed by atoms with Gasteiger partial charge in [0, 0.05) is 18.4 Å². The molecule has 0 aliphatic rings. The third-order valence-electron chi connectivity index (χ3n) is 3.60. The highest BCUT2D eigenvalue weighted by molar-refractivity contribution is 5.58. The number of benzene rings is 1. The lowest BCUT2D eigenvalue weighted by atomic mass is 10.2. The largest absolute Gasteiger partial charge is 0.494 e. The maximum Gasteiger partial charge on any atom is 0.423 e. The number of ether oxygens (including phenoxy) is 2. The van der Waals surface area contributed by atoms with Gasteiger partial charge in [-0.2, -0.15) is 31.3 Å². The molecular formula is C18H19F6N3O2. The van der Waals surface area contributed by atoms with E-state index in [4.69, 9.17) is 4.74 Å². The second-order valence-electron chi connectivity index (χ2n) is 5.88. The number of hydrogen-bond acceptors (Lipinski definition) is 5. The predicted molar refractivity (Wildman–Crippen MR) is 93.5 cm³/mol. The van der Waals surface area contributed by atoms with Crippen molar-refractivity contribution >= 4 is 11.6 Å². The number of nitrogens with zero attached hydrogens (tertiary/aromatic N) is 3. The van der Waals surface area contributed by atoms with Gasteiger partial charge in [0.25, 0.3) is 0 Å². The second kappa shape index (κ2) is 9.19. The average Bonchev–Trinajstić information content (AvgIpc) is 2.65. The summed E-state index contributed by atoms with van der Waals surface area (Å²) in [6, 6.07) is 6.62. The van der Waals surface area contributed by atoms with E-state index in [1.54, 1.807) is 31.2 Å². The van der Waals surface area contributed by atoms with E-state index in [2.05, 4.69) is 14.7 Å². The van der Waals surface area contributed by atoms with E-state index in [1.165, 1.54) is 4.90 Å². The minimum atomic E-state index is -4.96. The van der Waals surface area contributed by atoms with E-state index in [0.29, 0.717) is 24.2 Å². The molecule has 0 unspecified atom stereocenters.